The third-order valence-electron chi connectivity index (χ3n) is 2.62. The van der Waals surface area contributed by atoms with Crippen LogP contribution < -0.4 is 5.73 Å². The van der Waals surface area contributed by atoms with Crippen LogP contribution in [0.25, 0.3) is 0 Å². The number of nitrogens with zero attached hydrogens (tertiary/aromatic N) is 1. The van der Waals surface area contributed by atoms with E-state index in [9.17, 15) is 0 Å². The molecule has 0 bridgehead atoms. The normalized spacial score (nSPS) is 27.1. The number of pyridine rings is 1. The second-order valence-electron chi connectivity index (χ2n) is 3.77. The molecule has 2 nitrogen and oxygen atoms in total. The van der Waals surface area contributed by atoms with Crippen molar-refractivity contribution in [3.05, 3.63) is 23.9 Å². The lowest BCUT2D eigenvalue weighted by molar-refractivity contribution is 0.746. The second-order valence-corrected chi connectivity index (χ2v) is 3.77. The molecule has 0 amide bonds. The quantitative estimate of drug-likeness (QED) is 0.721. The van der Waals surface area contributed by atoms with Gasteiger partial charge in [0.1, 0.15) is 5.82 Å². The Kier molecular flexibility index (Phi) is 1.75. The van der Waals surface area contributed by atoms with Crippen LogP contribution in [0.15, 0.2) is 18.3 Å². The summed E-state index contributed by atoms with van der Waals surface area (Å²) in [5.41, 5.74) is 6.91. The Morgan fingerprint density at radius 3 is 3.00 bits per heavy atom. The molecule has 0 aliphatic heterocycles. The third-order valence-corrected chi connectivity index (χ3v) is 2.62. The Morgan fingerprint density at radius 1 is 1.67 bits per heavy atom. The number of nitrogen functional groups attached to an aromatic ring is 1. The van der Waals surface area contributed by atoms with Gasteiger partial charge in [-0.1, -0.05) is 6.92 Å². The van der Waals surface area contributed by atoms with Gasteiger partial charge in [0.15, 0.2) is 0 Å². The molecule has 1 aromatic rings. The summed E-state index contributed by atoms with van der Waals surface area (Å²) in [6.07, 6.45) is 4.34. The van der Waals surface area contributed by atoms with Gasteiger partial charge in [-0.3, -0.25) is 0 Å². The molecule has 2 unspecified atom stereocenters. The van der Waals surface area contributed by atoms with Crippen LogP contribution in [0.2, 0.25) is 0 Å². The van der Waals surface area contributed by atoms with Gasteiger partial charge in [0, 0.05) is 6.20 Å². The van der Waals surface area contributed by atoms with Crippen molar-refractivity contribution < 1.29 is 0 Å². The molecule has 2 heteroatoms. The molecule has 64 valence electrons. The van der Waals surface area contributed by atoms with E-state index in [0.717, 1.165) is 11.8 Å². The van der Waals surface area contributed by atoms with Gasteiger partial charge < -0.3 is 5.73 Å². The largest absolute Gasteiger partial charge is 0.384 e. The van der Waals surface area contributed by atoms with Gasteiger partial charge >= 0.3 is 0 Å². The van der Waals surface area contributed by atoms with Gasteiger partial charge in [-0.05, 0) is 42.4 Å². The molecule has 0 saturated heterocycles. The summed E-state index contributed by atoms with van der Waals surface area (Å²) >= 11 is 0. The molecule has 0 aromatic carbocycles. The van der Waals surface area contributed by atoms with E-state index in [1.165, 1.54) is 18.4 Å². The van der Waals surface area contributed by atoms with Gasteiger partial charge in [0.2, 0.25) is 0 Å². The van der Waals surface area contributed by atoms with Crippen molar-refractivity contribution in [1.29, 1.82) is 0 Å². The third kappa shape index (κ3) is 1.58. The second kappa shape index (κ2) is 2.77. The molecule has 0 radical (unpaired) electrons. The molecule has 12 heavy (non-hydrogen) atoms. The minimum Gasteiger partial charge on any atom is -0.384 e. The number of anilines is 1. The van der Waals surface area contributed by atoms with E-state index in [1.54, 1.807) is 6.20 Å². The fourth-order valence-corrected chi connectivity index (χ4v) is 1.61. The topological polar surface area (TPSA) is 38.9 Å². The first kappa shape index (κ1) is 7.59. The van der Waals surface area contributed by atoms with Crippen molar-refractivity contribution in [1.82, 2.24) is 4.98 Å². The van der Waals surface area contributed by atoms with Crippen molar-refractivity contribution in [2.45, 2.75) is 19.8 Å². The van der Waals surface area contributed by atoms with Crippen molar-refractivity contribution in [2.75, 3.05) is 5.73 Å². The number of hydrogen-bond acceptors (Lipinski definition) is 2. The number of nitrogens with two attached hydrogens (primary N) is 1. The number of hydrogen-bond donors (Lipinski definition) is 1. The first-order valence-electron chi connectivity index (χ1n) is 4.46. The number of rotatable bonds is 2. The number of aromatic nitrogens is 1. The average molecular weight is 162 g/mol. The van der Waals surface area contributed by atoms with E-state index in [0.29, 0.717) is 5.82 Å². The van der Waals surface area contributed by atoms with Crippen LogP contribution in [0.4, 0.5) is 5.82 Å². The fourth-order valence-electron chi connectivity index (χ4n) is 1.61. The smallest absolute Gasteiger partial charge is 0.123 e. The molecule has 2 N–H and O–H groups in total. The maximum absolute atomic E-state index is 5.58. The molecule has 2 atom stereocenters. The molecular formula is C10H14N2. The minimum atomic E-state index is 0.640. The molecule has 1 fully saturated rings. The van der Waals surface area contributed by atoms with Gasteiger partial charge in [0.05, 0.1) is 0 Å². The zero-order valence-electron chi connectivity index (χ0n) is 7.33. The Bertz CT molecular complexity index is 283. The van der Waals surface area contributed by atoms with E-state index in [2.05, 4.69) is 18.0 Å². The van der Waals surface area contributed by atoms with Crippen molar-refractivity contribution in [3.8, 4) is 0 Å². The fraction of sp³-hybridized carbons (Fsp3) is 0.500. The molecule has 1 aliphatic carbocycles. The predicted octanol–water partition coefficient (Wildman–Crippen LogP) is 1.86. The van der Waals surface area contributed by atoms with Crippen molar-refractivity contribution in [3.63, 3.8) is 0 Å². The van der Waals surface area contributed by atoms with Crippen LogP contribution in [0.1, 0.15) is 18.9 Å². The highest BCUT2D eigenvalue weighted by molar-refractivity contribution is 5.32. The average Bonchev–Trinajstić information content (AvgIpc) is 2.66. The van der Waals surface area contributed by atoms with Crippen LogP contribution in [0.3, 0.4) is 0 Å². The molecule has 1 heterocycles. The summed E-state index contributed by atoms with van der Waals surface area (Å²) in [5.74, 6) is 2.45. The van der Waals surface area contributed by atoms with Crippen LogP contribution in [-0.4, -0.2) is 4.98 Å². The first-order valence-corrected chi connectivity index (χ1v) is 4.46. The first-order chi connectivity index (χ1) is 5.75. The maximum Gasteiger partial charge on any atom is 0.123 e. The highest BCUT2D eigenvalue weighted by Gasteiger charge is 2.32. The monoisotopic (exact) mass is 162 g/mol. The van der Waals surface area contributed by atoms with Gasteiger partial charge in [0.25, 0.3) is 0 Å². The lowest BCUT2D eigenvalue weighted by Crippen LogP contribution is -1.93. The van der Waals surface area contributed by atoms with Crippen molar-refractivity contribution >= 4 is 5.82 Å². The molecule has 2 rings (SSSR count). The standard InChI is InChI=1S/C10H14N2/c1-7-4-9(7)5-8-2-3-12-10(11)6-8/h2-3,6-7,9H,4-5H2,1H3,(H2,11,12). The van der Waals surface area contributed by atoms with E-state index in [1.807, 2.05) is 6.07 Å². The van der Waals surface area contributed by atoms with E-state index < -0.39 is 0 Å². The Hall–Kier alpha value is -1.05. The predicted molar refractivity (Wildman–Crippen MR) is 49.6 cm³/mol. The molecule has 1 saturated carbocycles. The van der Waals surface area contributed by atoms with E-state index in [-0.39, 0.29) is 0 Å². The zero-order chi connectivity index (χ0) is 8.55. The molecule has 0 spiro atoms. The van der Waals surface area contributed by atoms with Crippen LogP contribution >= 0.6 is 0 Å². The summed E-state index contributed by atoms with van der Waals surface area (Å²) in [6, 6.07) is 4.03. The van der Waals surface area contributed by atoms with Crippen LogP contribution in [0, 0.1) is 11.8 Å². The Labute approximate surface area is 72.8 Å². The van der Waals surface area contributed by atoms with E-state index >= 15 is 0 Å². The lowest BCUT2D eigenvalue weighted by atomic mass is 10.1. The van der Waals surface area contributed by atoms with Crippen LogP contribution in [-0.2, 0) is 6.42 Å². The van der Waals surface area contributed by atoms with Crippen molar-refractivity contribution in [2.24, 2.45) is 11.8 Å². The highest BCUT2D eigenvalue weighted by Crippen LogP contribution is 2.40. The molecule has 1 aromatic heterocycles. The highest BCUT2D eigenvalue weighted by atomic mass is 14.8. The van der Waals surface area contributed by atoms with Crippen LogP contribution in [0.5, 0.6) is 0 Å². The van der Waals surface area contributed by atoms with Gasteiger partial charge in [-0.2, -0.15) is 0 Å². The van der Waals surface area contributed by atoms with E-state index in [4.69, 9.17) is 5.73 Å². The summed E-state index contributed by atoms with van der Waals surface area (Å²) < 4.78 is 0. The summed E-state index contributed by atoms with van der Waals surface area (Å²) in [5, 5.41) is 0. The summed E-state index contributed by atoms with van der Waals surface area (Å²) in [7, 11) is 0. The summed E-state index contributed by atoms with van der Waals surface area (Å²) in [6.45, 7) is 2.30. The molecule has 1 aliphatic rings. The Morgan fingerprint density at radius 2 is 2.42 bits per heavy atom. The zero-order valence-corrected chi connectivity index (χ0v) is 7.33. The van der Waals surface area contributed by atoms with Gasteiger partial charge in [-0.25, -0.2) is 4.98 Å². The van der Waals surface area contributed by atoms with Gasteiger partial charge in [-0.15, -0.1) is 0 Å². The maximum atomic E-state index is 5.58. The SMILES string of the molecule is CC1CC1Cc1ccnc(N)c1. The Balaban J connectivity index is 2.03. The summed E-state index contributed by atoms with van der Waals surface area (Å²) in [4.78, 5) is 3.96. The lowest BCUT2D eigenvalue weighted by Gasteiger charge is -1.99. The molecular weight excluding hydrogens is 148 g/mol. The minimum absolute atomic E-state index is 0.640.